The van der Waals surface area contributed by atoms with E-state index in [9.17, 15) is 20.0 Å². The van der Waals surface area contributed by atoms with Gasteiger partial charge in [-0.25, -0.2) is 4.79 Å². The monoisotopic (exact) mass is 268 g/mol. The third-order valence-corrected chi connectivity index (χ3v) is 2.71. The van der Waals surface area contributed by atoms with Crippen molar-refractivity contribution in [2.45, 2.75) is 19.4 Å². The normalized spacial score (nSPS) is 11.9. The Morgan fingerprint density at radius 2 is 2.16 bits per heavy atom. The molecule has 1 unspecified atom stereocenters. The zero-order valence-electron chi connectivity index (χ0n) is 10.7. The number of hydrogen-bond donors (Lipinski definition) is 2. The van der Waals surface area contributed by atoms with Crippen LogP contribution in [0.2, 0.25) is 0 Å². The van der Waals surface area contributed by atoms with Crippen molar-refractivity contribution >= 4 is 17.3 Å². The summed E-state index contributed by atoms with van der Waals surface area (Å²) in [6, 6.07) is 3.77. The SMILES string of the molecule is CC(O)CCN(C)c1ccc(C(=O)O)cc1[N+](=O)[O-]. The molecule has 0 amide bonds. The number of aliphatic hydroxyl groups is 1. The van der Waals surface area contributed by atoms with Gasteiger partial charge in [-0.05, 0) is 25.5 Å². The number of nitro benzene ring substituents is 1. The maximum absolute atomic E-state index is 11.0. The molecule has 1 aromatic rings. The van der Waals surface area contributed by atoms with Crippen LogP contribution in [0.15, 0.2) is 18.2 Å². The minimum absolute atomic E-state index is 0.126. The molecule has 0 aliphatic carbocycles. The van der Waals surface area contributed by atoms with E-state index in [1.165, 1.54) is 12.1 Å². The van der Waals surface area contributed by atoms with Crippen molar-refractivity contribution in [2.75, 3.05) is 18.5 Å². The largest absolute Gasteiger partial charge is 0.478 e. The molecule has 1 atom stereocenters. The number of aliphatic hydroxyl groups excluding tert-OH is 1. The zero-order valence-corrected chi connectivity index (χ0v) is 10.7. The smallest absolute Gasteiger partial charge is 0.335 e. The Balaban J connectivity index is 3.06. The van der Waals surface area contributed by atoms with Crippen LogP contribution in [0.25, 0.3) is 0 Å². The van der Waals surface area contributed by atoms with Gasteiger partial charge in [-0.1, -0.05) is 0 Å². The van der Waals surface area contributed by atoms with E-state index in [0.717, 1.165) is 6.07 Å². The lowest BCUT2D eigenvalue weighted by molar-refractivity contribution is -0.384. The molecule has 1 aromatic carbocycles. The van der Waals surface area contributed by atoms with Crippen molar-refractivity contribution in [3.63, 3.8) is 0 Å². The lowest BCUT2D eigenvalue weighted by atomic mass is 10.1. The van der Waals surface area contributed by atoms with Gasteiger partial charge in [0.05, 0.1) is 16.6 Å². The average molecular weight is 268 g/mol. The van der Waals surface area contributed by atoms with Crippen LogP contribution in [-0.2, 0) is 0 Å². The van der Waals surface area contributed by atoms with Gasteiger partial charge in [0, 0.05) is 19.7 Å². The fourth-order valence-electron chi connectivity index (χ4n) is 1.63. The van der Waals surface area contributed by atoms with Crippen LogP contribution < -0.4 is 4.90 Å². The molecule has 7 nitrogen and oxygen atoms in total. The lowest BCUT2D eigenvalue weighted by Gasteiger charge is -2.20. The molecular weight excluding hydrogens is 252 g/mol. The van der Waals surface area contributed by atoms with Gasteiger partial charge in [0.2, 0.25) is 0 Å². The molecule has 0 heterocycles. The summed E-state index contributed by atoms with van der Waals surface area (Å²) >= 11 is 0. The van der Waals surface area contributed by atoms with E-state index in [1.54, 1.807) is 18.9 Å². The summed E-state index contributed by atoms with van der Waals surface area (Å²) in [5.74, 6) is -1.21. The molecule has 0 aliphatic heterocycles. The zero-order chi connectivity index (χ0) is 14.6. The second-order valence-electron chi connectivity index (χ2n) is 4.33. The van der Waals surface area contributed by atoms with Crippen LogP contribution in [-0.4, -0.2) is 40.8 Å². The minimum Gasteiger partial charge on any atom is -0.478 e. The molecule has 0 radical (unpaired) electrons. The second-order valence-corrected chi connectivity index (χ2v) is 4.33. The summed E-state index contributed by atoms with van der Waals surface area (Å²) in [4.78, 5) is 22.8. The number of carbonyl (C=O) groups is 1. The van der Waals surface area contributed by atoms with Crippen LogP contribution in [0.3, 0.4) is 0 Å². The maximum atomic E-state index is 11.0. The summed E-state index contributed by atoms with van der Waals surface area (Å²) in [7, 11) is 1.66. The van der Waals surface area contributed by atoms with Crippen molar-refractivity contribution in [2.24, 2.45) is 0 Å². The third kappa shape index (κ3) is 3.92. The van der Waals surface area contributed by atoms with Crippen molar-refractivity contribution in [3.8, 4) is 0 Å². The Hall–Kier alpha value is -2.15. The van der Waals surface area contributed by atoms with Crippen molar-refractivity contribution in [3.05, 3.63) is 33.9 Å². The highest BCUT2D eigenvalue weighted by Crippen LogP contribution is 2.28. The molecule has 0 fully saturated rings. The molecule has 104 valence electrons. The Labute approximate surface area is 110 Å². The topological polar surface area (TPSA) is 104 Å². The number of carboxylic acid groups (broad SMARTS) is 1. The van der Waals surface area contributed by atoms with E-state index in [1.807, 2.05) is 0 Å². The molecular formula is C12H16N2O5. The number of anilines is 1. The Morgan fingerprint density at radius 3 is 2.63 bits per heavy atom. The second kappa shape index (κ2) is 6.14. The van der Waals surface area contributed by atoms with E-state index in [4.69, 9.17) is 5.11 Å². The third-order valence-electron chi connectivity index (χ3n) is 2.71. The summed E-state index contributed by atoms with van der Waals surface area (Å²) in [5, 5.41) is 29.0. The molecule has 0 aliphatic rings. The molecule has 0 saturated heterocycles. The summed E-state index contributed by atoms with van der Waals surface area (Å²) in [5.41, 5.74) is -0.0528. The number of nitro groups is 1. The molecule has 1 rings (SSSR count). The molecule has 0 aromatic heterocycles. The Bertz CT molecular complexity index is 487. The Morgan fingerprint density at radius 1 is 1.53 bits per heavy atom. The van der Waals surface area contributed by atoms with E-state index in [2.05, 4.69) is 0 Å². The van der Waals surface area contributed by atoms with Crippen molar-refractivity contribution in [1.82, 2.24) is 0 Å². The van der Waals surface area contributed by atoms with Crippen LogP contribution in [0.5, 0.6) is 0 Å². The van der Waals surface area contributed by atoms with Gasteiger partial charge in [-0.15, -0.1) is 0 Å². The summed E-state index contributed by atoms with van der Waals surface area (Å²) in [6.07, 6.45) is -0.0336. The average Bonchev–Trinajstić information content (AvgIpc) is 2.34. The highest BCUT2D eigenvalue weighted by molar-refractivity contribution is 5.89. The van der Waals surface area contributed by atoms with E-state index in [0.29, 0.717) is 18.7 Å². The van der Waals surface area contributed by atoms with Gasteiger partial charge >= 0.3 is 5.97 Å². The quantitative estimate of drug-likeness (QED) is 0.598. The molecule has 0 saturated carbocycles. The highest BCUT2D eigenvalue weighted by atomic mass is 16.6. The molecule has 2 N–H and O–H groups in total. The fourth-order valence-corrected chi connectivity index (χ4v) is 1.63. The summed E-state index contributed by atoms with van der Waals surface area (Å²) < 4.78 is 0. The predicted octanol–water partition coefficient (Wildman–Crippen LogP) is 1.50. The maximum Gasteiger partial charge on any atom is 0.335 e. The first-order valence-corrected chi connectivity index (χ1v) is 5.74. The van der Waals surface area contributed by atoms with Gasteiger partial charge in [0.25, 0.3) is 5.69 Å². The van der Waals surface area contributed by atoms with Gasteiger partial charge < -0.3 is 15.1 Å². The highest BCUT2D eigenvalue weighted by Gasteiger charge is 2.20. The standard InChI is InChI=1S/C12H16N2O5/c1-8(15)5-6-13(2)10-4-3-9(12(16)17)7-11(10)14(18)19/h3-4,7-8,15H,5-6H2,1-2H3,(H,16,17). The number of benzene rings is 1. The fraction of sp³-hybridized carbons (Fsp3) is 0.417. The van der Waals surface area contributed by atoms with Crippen molar-refractivity contribution in [1.29, 1.82) is 0 Å². The van der Waals surface area contributed by atoms with E-state index in [-0.39, 0.29) is 11.3 Å². The van der Waals surface area contributed by atoms with Crippen molar-refractivity contribution < 1.29 is 19.9 Å². The van der Waals surface area contributed by atoms with E-state index < -0.39 is 17.0 Å². The molecule has 19 heavy (non-hydrogen) atoms. The van der Waals surface area contributed by atoms with Crippen LogP contribution in [0.4, 0.5) is 11.4 Å². The number of hydrogen-bond acceptors (Lipinski definition) is 5. The predicted molar refractivity (Wildman–Crippen MR) is 69.6 cm³/mol. The lowest BCUT2D eigenvalue weighted by Crippen LogP contribution is -2.22. The minimum atomic E-state index is -1.21. The first kappa shape index (κ1) is 14.9. The van der Waals surface area contributed by atoms with Gasteiger partial charge in [-0.3, -0.25) is 10.1 Å². The van der Waals surface area contributed by atoms with Gasteiger partial charge in [0.1, 0.15) is 5.69 Å². The summed E-state index contributed by atoms with van der Waals surface area (Å²) in [6.45, 7) is 2.07. The van der Waals surface area contributed by atoms with Crippen LogP contribution in [0.1, 0.15) is 23.7 Å². The number of aromatic carboxylic acids is 1. The molecule has 7 heteroatoms. The van der Waals surface area contributed by atoms with Gasteiger partial charge in [0.15, 0.2) is 0 Å². The van der Waals surface area contributed by atoms with Crippen LogP contribution in [0, 0.1) is 10.1 Å². The number of rotatable bonds is 6. The Kier molecular flexibility index (Phi) is 4.82. The number of carboxylic acids is 1. The first-order chi connectivity index (χ1) is 8.82. The van der Waals surface area contributed by atoms with Crippen LogP contribution >= 0.6 is 0 Å². The first-order valence-electron chi connectivity index (χ1n) is 5.74. The molecule has 0 bridgehead atoms. The van der Waals surface area contributed by atoms with Gasteiger partial charge in [-0.2, -0.15) is 0 Å². The molecule has 0 spiro atoms. The number of nitrogens with zero attached hydrogens (tertiary/aromatic N) is 2. The van der Waals surface area contributed by atoms with E-state index >= 15 is 0 Å².